The van der Waals surface area contributed by atoms with Crippen LogP contribution in [0.3, 0.4) is 0 Å². The van der Waals surface area contributed by atoms with Crippen molar-refractivity contribution < 1.29 is 19.7 Å². The molecule has 1 heterocycles. The minimum absolute atomic E-state index is 0.0729. The first-order chi connectivity index (χ1) is 9.10. The van der Waals surface area contributed by atoms with Crippen molar-refractivity contribution in [3.05, 3.63) is 29.5 Å². The number of carbonyl (C=O) groups is 1. The van der Waals surface area contributed by atoms with Crippen LogP contribution in [0.15, 0.2) is 18.2 Å². The minimum atomic E-state index is -0.413. The number of aromatic hydroxyl groups is 1. The van der Waals surface area contributed by atoms with Gasteiger partial charge in [-0.25, -0.2) is 4.79 Å². The highest BCUT2D eigenvalue weighted by Crippen LogP contribution is 2.29. The Balaban J connectivity index is 2.69. The number of phenolic OH excluding ortho intramolecular Hbond substituents is 1. The first-order valence-electron chi connectivity index (χ1n) is 6.20. The molecule has 1 aromatic carbocycles. The molecule has 0 amide bonds. The van der Waals surface area contributed by atoms with Crippen LogP contribution in [0.5, 0.6) is 5.75 Å². The molecule has 0 atom stereocenters. The summed E-state index contributed by atoms with van der Waals surface area (Å²) in [6.45, 7) is 4.09. The number of esters is 1. The Hall–Kier alpha value is -2.01. The summed E-state index contributed by atoms with van der Waals surface area (Å²) in [5.74, 6) is -0.267. The van der Waals surface area contributed by atoms with Gasteiger partial charge in [0.05, 0.1) is 13.2 Å². The smallest absolute Gasteiger partial charge is 0.355 e. The third-order valence-electron chi connectivity index (χ3n) is 3.09. The van der Waals surface area contributed by atoms with Crippen molar-refractivity contribution in [2.24, 2.45) is 0 Å². The Kier molecular flexibility index (Phi) is 3.76. The standard InChI is InChI=1S/C14H17NO4/c1-3-19-14(18)13-9(2)11-8-10(17)4-5-12(11)15(13)6-7-16/h4-5,8,16-17H,3,6-7H2,1-2H3. The number of ether oxygens (including phenoxy) is 1. The number of aromatic nitrogens is 1. The number of nitrogens with zero attached hydrogens (tertiary/aromatic N) is 1. The molecule has 2 rings (SSSR count). The maximum atomic E-state index is 12.0. The van der Waals surface area contributed by atoms with E-state index in [1.165, 1.54) is 0 Å². The molecule has 5 heteroatoms. The first kappa shape index (κ1) is 13.4. The van der Waals surface area contributed by atoms with Gasteiger partial charge in [-0.1, -0.05) is 0 Å². The molecule has 0 aliphatic heterocycles. The van der Waals surface area contributed by atoms with Gasteiger partial charge in [-0.05, 0) is 37.6 Å². The second-order valence-electron chi connectivity index (χ2n) is 4.27. The van der Waals surface area contributed by atoms with Gasteiger partial charge in [0.15, 0.2) is 0 Å². The highest BCUT2D eigenvalue weighted by Gasteiger charge is 2.21. The molecular weight excluding hydrogens is 246 g/mol. The number of hydrogen-bond donors (Lipinski definition) is 2. The van der Waals surface area contributed by atoms with Gasteiger partial charge in [-0.3, -0.25) is 0 Å². The van der Waals surface area contributed by atoms with E-state index in [1.54, 1.807) is 29.7 Å². The zero-order valence-electron chi connectivity index (χ0n) is 11.0. The summed E-state index contributed by atoms with van der Waals surface area (Å²) in [5.41, 5.74) is 1.97. The van der Waals surface area contributed by atoms with E-state index in [4.69, 9.17) is 9.84 Å². The quantitative estimate of drug-likeness (QED) is 0.825. The lowest BCUT2D eigenvalue weighted by molar-refractivity contribution is 0.0512. The Bertz CT molecular complexity index is 615. The molecule has 102 valence electrons. The van der Waals surface area contributed by atoms with E-state index in [9.17, 15) is 9.90 Å². The van der Waals surface area contributed by atoms with Crippen LogP contribution in [0, 0.1) is 6.92 Å². The van der Waals surface area contributed by atoms with E-state index in [-0.39, 0.29) is 12.4 Å². The van der Waals surface area contributed by atoms with E-state index in [2.05, 4.69) is 0 Å². The van der Waals surface area contributed by atoms with Crippen LogP contribution < -0.4 is 0 Å². The van der Waals surface area contributed by atoms with E-state index in [1.807, 2.05) is 6.92 Å². The maximum absolute atomic E-state index is 12.0. The number of rotatable bonds is 4. The third-order valence-corrected chi connectivity index (χ3v) is 3.09. The van der Waals surface area contributed by atoms with Gasteiger partial charge >= 0.3 is 5.97 Å². The lowest BCUT2D eigenvalue weighted by atomic mass is 10.1. The van der Waals surface area contributed by atoms with Crippen molar-refractivity contribution >= 4 is 16.9 Å². The Morgan fingerprint density at radius 2 is 2.16 bits per heavy atom. The number of aliphatic hydroxyl groups is 1. The fourth-order valence-electron chi connectivity index (χ4n) is 2.31. The maximum Gasteiger partial charge on any atom is 0.355 e. The molecule has 19 heavy (non-hydrogen) atoms. The van der Waals surface area contributed by atoms with Crippen molar-refractivity contribution in [2.75, 3.05) is 13.2 Å². The van der Waals surface area contributed by atoms with Crippen molar-refractivity contribution in [3.8, 4) is 5.75 Å². The zero-order chi connectivity index (χ0) is 14.0. The number of aryl methyl sites for hydroxylation is 1. The van der Waals surface area contributed by atoms with Crippen LogP contribution in [0.4, 0.5) is 0 Å². The molecule has 0 spiro atoms. The molecule has 2 N–H and O–H groups in total. The van der Waals surface area contributed by atoms with E-state index in [0.717, 1.165) is 16.5 Å². The van der Waals surface area contributed by atoms with Gasteiger partial charge in [-0.15, -0.1) is 0 Å². The van der Waals surface area contributed by atoms with Gasteiger partial charge in [0, 0.05) is 17.4 Å². The molecule has 0 aliphatic rings. The molecule has 0 saturated carbocycles. The molecule has 0 unspecified atom stereocenters. The van der Waals surface area contributed by atoms with Crippen LogP contribution in [-0.2, 0) is 11.3 Å². The van der Waals surface area contributed by atoms with E-state index >= 15 is 0 Å². The Morgan fingerprint density at radius 1 is 1.42 bits per heavy atom. The molecule has 0 saturated heterocycles. The SMILES string of the molecule is CCOC(=O)c1c(C)c2cc(O)ccc2n1CCO. The summed E-state index contributed by atoms with van der Waals surface area (Å²) in [4.78, 5) is 12.0. The van der Waals surface area contributed by atoms with Crippen LogP contribution in [0.2, 0.25) is 0 Å². The summed E-state index contributed by atoms with van der Waals surface area (Å²) in [6, 6.07) is 4.90. The predicted octanol–water partition coefficient (Wildman–Crippen LogP) is 1.82. The molecular formula is C14H17NO4. The number of carbonyl (C=O) groups excluding carboxylic acids is 1. The molecule has 2 aromatic rings. The van der Waals surface area contributed by atoms with E-state index < -0.39 is 5.97 Å². The topological polar surface area (TPSA) is 71.7 Å². The minimum Gasteiger partial charge on any atom is -0.508 e. The average molecular weight is 263 g/mol. The zero-order valence-corrected chi connectivity index (χ0v) is 11.0. The fraction of sp³-hybridized carbons (Fsp3) is 0.357. The number of phenols is 1. The lowest BCUT2D eigenvalue weighted by Gasteiger charge is -2.09. The van der Waals surface area contributed by atoms with Crippen LogP contribution >= 0.6 is 0 Å². The molecule has 5 nitrogen and oxygen atoms in total. The Morgan fingerprint density at radius 3 is 2.79 bits per heavy atom. The van der Waals surface area contributed by atoms with Gasteiger partial charge in [0.2, 0.25) is 0 Å². The molecule has 0 fully saturated rings. The lowest BCUT2D eigenvalue weighted by Crippen LogP contribution is -2.14. The fourth-order valence-corrected chi connectivity index (χ4v) is 2.31. The van der Waals surface area contributed by atoms with Crippen molar-refractivity contribution in [1.82, 2.24) is 4.57 Å². The van der Waals surface area contributed by atoms with E-state index in [0.29, 0.717) is 18.8 Å². The summed E-state index contributed by atoms with van der Waals surface area (Å²) in [5, 5.41) is 19.5. The van der Waals surface area contributed by atoms with Crippen molar-refractivity contribution in [3.63, 3.8) is 0 Å². The molecule has 0 bridgehead atoms. The predicted molar refractivity (Wildman–Crippen MR) is 71.4 cm³/mol. The number of hydrogen-bond acceptors (Lipinski definition) is 4. The second kappa shape index (κ2) is 5.32. The van der Waals surface area contributed by atoms with Crippen LogP contribution in [0.1, 0.15) is 23.0 Å². The van der Waals surface area contributed by atoms with Crippen LogP contribution in [-0.4, -0.2) is 34.0 Å². The molecule has 0 aliphatic carbocycles. The second-order valence-corrected chi connectivity index (χ2v) is 4.27. The first-order valence-corrected chi connectivity index (χ1v) is 6.20. The number of benzene rings is 1. The average Bonchev–Trinajstić information content (AvgIpc) is 2.63. The Labute approximate surface area is 111 Å². The largest absolute Gasteiger partial charge is 0.508 e. The summed E-state index contributed by atoms with van der Waals surface area (Å²) < 4.78 is 6.78. The van der Waals surface area contributed by atoms with Gasteiger partial charge in [0.25, 0.3) is 0 Å². The summed E-state index contributed by atoms with van der Waals surface area (Å²) >= 11 is 0. The highest BCUT2D eigenvalue weighted by atomic mass is 16.5. The summed E-state index contributed by atoms with van der Waals surface area (Å²) in [7, 11) is 0. The van der Waals surface area contributed by atoms with Gasteiger partial charge in [-0.2, -0.15) is 0 Å². The van der Waals surface area contributed by atoms with Gasteiger partial charge < -0.3 is 19.5 Å². The van der Waals surface area contributed by atoms with Gasteiger partial charge in [0.1, 0.15) is 11.4 Å². The number of aliphatic hydroxyl groups excluding tert-OH is 1. The van der Waals surface area contributed by atoms with Crippen molar-refractivity contribution in [1.29, 1.82) is 0 Å². The summed E-state index contributed by atoms with van der Waals surface area (Å²) in [6.07, 6.45) is 0. The number of fused-ring (bicyclic) bond motifs is 1. The normalized spacial score (nSPS) is 10.9. The van der Waals surface area contributed by atoms with Crippen LogP contribution in [0.25, 0.3) is 10.9 Å². The molecule has 1 aromatic heterocycles. The van der Waals surface area contributed by atoms with Crippen molar-refractivity contribution in [2.45, 2.75) is 20.4 Å². The highest BCUT2D eigenvalue weighted by molar-refractivity contribution is 5.99. The molecule has 0 radical (unpaired) electrons. The third kappa shape index (κ3) is 2.29. The monoisotopic (exact) mass is 263 g/mol.